The van der Waals surface area contributed by atoms with Crippen LogP contribution in [0.2, 0.25) is 0 Å². The van der Waals surface area contributed by atoms with E-state index in [1.165, 1.54) is 16.9 Å². The second-order valence-corrected chi connectivity index (χ2v) is 8.97. The molecule has 1 amide bonds. The largest absolute Gasteiger partial charge is 0.496 e. The molecule has 0 atom stereocenters. The summed E-state index contributed by atoms with van der Waals surface area (Å²) in [6.45, 7) is 5.97. The predicted octanol–water partition coefficient (Wildman–Crippen LogP) is 5.23. The van der Waals surface area contributed by atoms with E-state index >= 15 is 0 Å². The topological polar surface area (TPSA) is 90.7 Å². The fraction of sp³-hybridized carbons (Fsp3) is 0.400. The number of anilines is 1. The standard InChI is InChI=1S/C25H28N2O5S/c1-5-31-22(29)11-16-13-33-25(26-16)27-21(28)10-14(2)18-12-19-17-8-6-7-9-20(17)32-24(19)15(3)23(18)30-4/h10,12-13H,5-9,11H2,1-4H3,(H,26,27,28)/b14-10+. The van der Waals surface area contributed by atoms with Gasteiger partial charge in [0.05, 0.1) is 25.8 Å². The normalized spacial score (nSPS) is 13.6. The van der Waals surface area contributed by atoms with Crippen molar-refractivity contribution in [3.05, 3.63) is 45.7 Å². The van der Waals surface area contributed by atoms with Gasteiger partial charge in [0.25, 0.3) is 0 Å². The number of esters is 1. The summed E-state index contributed by atoms with van der Waals surface area (Å²) < 4.78 is 16.8. The molecule has 0 saturated heterocycles. The highest BCUT2D eigenvalue weighted by Crippen LogP contribution is 2.41. The molecule has 174 valence electrons. The number of carbonyl (C=O) groups excluding carboxylic acids is 2. The molecule has 3 aromatic rings. The zero-order valence-corrected chi connectivity index (χ0v) is 20.2. The highest BCUT2D eigenvalue weighted by Gasteiger charge is 2.23. The number of carbonyl (C=O) groups is 2. The maximum Gasteiger partial charge on any atom is 0.311 e. The number of methoxy groups -OCH3 is 1. The van der Waals surface area contributed by atoms with Crippen LogP contribution in [-0.2, 0) is 33.6 Å². The number of aromatic nitrogens is 1. The average Bonchev–Trinajstić information content (AvgIpc) is 3.37. The summed E-state index contributed by atoms with van der Waals surface area (Å²) in [5.74, 6) is 1.15. The second kappa shape index (κ2) is 9.79. The first-order chi connectivity index (χ1) is 15.9. The van der Waals surface area contributed by atoms with Crippen molar-refractivity contribution in [1.29, 1.82) is 0 Å². The molecule has 8 heteroatoms. The van der Waals surface area contributed by atoms with E-state index < -0.39 is 0 Å². The molecule has 0 saturated carbocycles. The number of thiazole rings is 1. The molecule has 1 aromatic carbocycles. The van der Waals surface area contributed by atoms with Crippen molar-refractivity contribution < 1.29 is 23.5 Å². The summed E-state index contributed by atoms with van der Waals surface area (Å²) in [6.07, 6.45) is 5.90. The van der Waals surface area contributed by atoms with Crippen LogP contribution in [0.25, 0.3) is 16.5 Å². The molecule has 4 rings (SSSR count). The van der Waals surface area contributed by atoms with E-state index in [1.807, 2.05) is 13.8 Å². The molecular weight excluding hydrogens is 440 g/mol. The van der Waals surface area contributed by atoms with Crippen molar-refractivity contribution >= 4 is 44.9 Å². The number of nitrogens with zero attached hydrogens (tertiary/aromatic N) is 1. The highest BCUT2D eigenvalue weighted by molar-refractivity contribution is 7.14. The van der Waals surface area contributed by atoms with Gasteiger partial charge in [0.15, 0.2) is 5.13 Å². The first-order valence-corrected chi connectivity index (χ1v) is 12.0. The average molecular weight is 469 g/mol. The summed E-state index contributed by atoms with van der Waals surface area (Å²) in [7, 11) is 1.63. The maximum absolute atomic E-state index is 12.7. The Hall–Kier alpha value is -3.13. The van der Waals surface area contributed by atoms with E-state index in [9.17, 15) is 9.59 Å². The Morgan fingerprint density at radius 2 is 2.09 bits per heavy atom. The third-order valence-corrected chi connectivity index (χ3v) is 6.62. The summed E-state index contributed by atoms with van der Waals surface area (Å²) in [4.78, 5) is 28.6. The predicted molar refractivity (Wildman–Crippen MR) is 129 cm³/mol. The van der Waals surface area contributed by atoms with E-state index in [0.717, 1.165) is 59.1 Å². The van der Waals surface area contributed by atoms with E-state index in [4.69, 9.17) is 13.9 Å². The van der Waals surface area contributed by atoms with Crippen LogP contribution in [0, 0.1) is 6.92 Å². The van der Waals surface area contributed by atoms with Gasteiger partial charge in [-0.25, -0.2) is 4.98 Å². The van der Waals surface area contributed by atoms with E-state index in [2.05, 4.69) is 16.4 Å². The maximum atomic E-state index is 12.7. The number of rotatable bonds is 7. The molecule has 0 fully saturated rings. The molecule has 0 unspecified atom stereocenters. The molecule has 1 N–H and O–H groups in total. The number of furan rings is 1. The Kier molecular flexibility index (Phi) is 6.83. The zero-order chi connectivity index (χ0) is 23.5. The molecule has 2 heterocycles. The highest BCUT2D eigenvalue weighted by atomic mass is 32.1. The van der Waals surface area contributed by atoms with Gasteiger partial charge in [-0.2, -0.15) is 0 Å². The molecule has 0 spiro atoms. The lowest BCUT2D eigenvalue weighted by molar-refractivity contribution is -0.142. The number of hydrogen-bond acceptors (Lipinski definition) is 7. The van der Waals surface area contributed by atoms with Crippen LogP contribution in [0.4, 0.5) is 5.13 Å². The van der Waals surface area contributed by atoms with Crippen molar-refractivity contribution in [2.75, 3.05) is 19.0 Å². The third-order valence-electron chi connectivity index (χ3n) is 5.82. The smallest absolute Gasteiger partial charge is 0.311 e. The van der Waals surface area contributed by atoms with Crippen molar-refractivity contribution in [1.82, 2.24) is 4.98 Å². The number of ether oxygens (including phenoxy) is 2. The van der Waals surface area contributed by atoms with Gasteiger partial charge in [0.1, 0.15) is 17.1 Å². The first kappa shape index (κ1) is 23.0. The lowest BCUT2D eigenvalue weighted by Gasteiger charge is -2.13. The fourth-order valence-corrected chi connectivity index (χ4v) is 5.03. The zero-order valence-electron chi connectivity index (χ0n) is 19.4. The van der Waals surface area contributed by atoms with Crippen LogP contribution in [0.1, 0.15) is 54.8 Å². The molecule has 2 aromatic heterocycles. The van der Waals surface area contributed by atoms with Gasteiger partial charge in [0, 0.05) is 40.0 Å². The summed E-state index contributed by atoms with van der Waals surface area (Å²) >= 11 is 1.27. The van der Waals surface area contributed by atoms with Crippen LogP contribution >= 0.6 is 11.3 Å². The molecule has 0 aliphatic heterocycles. The Bertz CT molecular complexity index is 1240. The van der Waals surface area contributed by atoms with Gasteiger partial charge in [0.2, 0.25) is 5.91 Å². The Labute approximate surface area is 196 Å². The van der Waals surface area contributed by atoms with Crippen molar-refractivity contribution in [3.8, 4) is 5.75 Å². The van der Waals surface area contributed by atoms with Crippen LogP contribution in [0.15, 0.2) is 21.9 Å². The monoisotopic (exact) mass is 468 g/mol. The minimum absolute atomic E-state index is 0.0839. The quantitative estimate of drug-likeness (QED) is 0.377. The van der Waals surface area contributed by atoms with Gasteiger partial charge < -0.3 is 13.9 Å². The SMILES string of the molecule is CCOC(=O)Cc1csc(NC(=O)/C=C(\C)c2cc3c4c(oc3c(C)c2OC)CCCC4)n1. The first-order valence-electron chi connectivity index (χ1n) is 11.1. The van der Waals surface area contributed by atoms with E-state index in [-0.39, 0.29) is 18.3 Å². The van der Waals surface area contributed by atoms with Gasteiger partial charge in [-0.3, -0.25) is 14.9 Å². The second-order valence-electron chi connectivity index (χ2n) is 8.11. The Balaban J connectivity index is 1.58. The third kappa shape index (κ3) is 4.80. The van der Waals surface area contributed by atoms with Crippen molar-refractivity contribution in [3.63, 3.8) is 0 Å². The molecule has 1 aliphatic carbocycles. The van der Waals surface area contributed by atoms with Gasteiger partial charge in [-0.15, -0.1) is 11.3 Å². The van der Waals surface area contributed by atoms with Gasteiger partial charge in [-0.1, -0.05) is 0 Å². The summed E-state index contributed by atoms with van der Waals surface area (Å²) in [5.41, 5.74) is 5.31. The number of benzene rings is 1. The Morgan fingerprint density at radius 1 is 1.30 bits per heavy atom. The number of hydrogen-bond donors (Lipinski definition) is 1. The molecule has 33 heavy (non-hydrogen) atoms. The van der Waals surface area contributed by atoms with E-state index in [0.29, 0.717) is 23.2 Å². The van der Waals surface area contributed by atoms with Crippen LogP contribution in [-0.4, -0.2) is 30.6 Å². The van der Waals surface area contributed by atoms with Crippen molar-refractivity contribution in [2.24, 2.45) is 0 Å². The number of nitrogens with one attached hydrogen (secondary N) is 1. The minimum Gasteiger partial charge on any atom is -0.496 e. The minimum atomic E-state index is -0.337. The molecule has 7 nitrogen and oxygen atoms in total. The van der Waals surface area contributed by atoms with Crippen LogP contribution < -0.4 is 10.1 Å². The summed E-state index contributed by atoms with van der Waals surface area (Å²) in [6, 6.07) is 2.08. The van der Waals surface area contributed by atoms with Crippen LogP contribution in [0.5, 0.6) is 5.75 Å². The number of amides is 1. The number of fused-ring (bicyclic) bond motifs is 3. The van der Waals surface area contributed by atoms with Gasteiger partial charge in [-0.05, 0) is 51.7 Å². The van der Waals surface area contributed by atoms with Crippen LogP contribution in [0.3, 0.4) is 0 Å². The number of allylic oxidation sites excluding steroid dienone is 1. The van der Waals surface area contributed by atoms with Gasteiger partial charge >= 0.3 is 5.97 Å². The lowest BCUT2D eigenvalue weighted by atomic mass is 9.93. The lowest BCUT2D eigenvalue weighted by Crippen LogP contribution is -2.10. The molecule has 0 radical (unpaired) electrons. The Morgan fingerprint density at radius 3 is 2.85 bits per heavy atom. The van der Waals surface area contributed by atoms with Crippen molar-refractivity contribution in [2.45, 2.75) is 52.9 Å². The fourth-order valence-electron chi connectivity index (χ4n) is 4.31. The number of aryl methyl sites for hydroxylation is 3. The summed E-state index contributed by atoms with van der Waals surface area (Å²) in [5, 5.41) is 6.07. The molecular formula is C25H28N2O5S. The molecule has 1 aliphatic rings. The molecule has 0 bridgehead atoms. The van der Waals surface area contributed by atoms with E-state index in [1.54, 1.807) is 25.5 Å².